The summed E-state index contributed by atoms with van der Waals surface area (Å²) in [5.74, 6) is 1.04. The number of hydrogen-bond acceptors (Lipinski definition) is 1. The molecule has 0 heterocycles. The van der Waals surface area contributed by atoms with Crippen molar-refractivity contribution in [2.75, 3.05) is 0 Å². The zero-order valence-corrected chi connectivity index (χ0v) is 9.89. The van der Waals surface area contributed by atoms with Crippen LogP contribution in [0.1, 0.15) is 53.4 Å². The maximum Gasteiger partial charge on any atom is 0.225 e. The van der Waals surface area contributed by atoms with Gasteiger partial charge in [0.25, 0.3) is 0 Å². The van der Waals surface area contributed by atoms with Crippen molar-refractivity contribution in [3.05, 3.63) is 0 Å². The molecule has 2 heteroatoms. The molecule has 2 nitrogen and oxygen atoms in total. The van der Waals surface area contributed by atoms with Gasteiger partial charge in [-0.2, -0.15) is 0 Å². The molecule has 1 aliphatic carbocycles. The summed E-state index contributed by atoms with van der Waals surface area (Å²) in [6.45, 7) is 8.19. The number of carbonyl (C=O) groups is 1. The van der Waals surface area contributed by atoms with E-state index >= 15 is 0 Å². The summed E-state index contributed by atoms with van der Waals surface area (Å²) in [6, 6.07) is 0.429. The summed E-state index contributed by atoms with van der Waals surface area (Å²) < 4.78 is 0. The van der Waals surface area contributed by atoms with Crippen LogP contribution in [0.4, 0.5) is 0 Å². The number of hydrogen-bond donors (Lipinski definition) is 1. The van der Waals surface area contributed by atoms with Gasteiger partial charge in [-0.05, 0) is 31.6 Å². The van der Waals surface area contributed by atoms with Gasteiger partial charge in [0.1, 0.15) is 0 Å². The van der Waals surface area contributed by atoms with Gasteiger partial charge in [-0.15, -0.1) is 0 Å². The van der Waals surface area contributed by atoms with Gasteiger partial charge in [0, 0.05) is 11.5 Å². The van der Waals surface area contributed by atoms with Gasteiger partial charge < -0.3 is 5.32 Å². The maximum atomic E-state index is 11.7. The fraction of sp³-hybridized carbons (Fsp3) is 0.917. The van der Waals surface area contributed by atoms with Crippen LogP contribution in [-0.4, -0.2) is 11.9 Å². The Morgan fingerprint density at radius 1 is 1.14 bits per heavy atom. The SMILES string of the molecule is CC1CCC(NC(=O)C(C)(C)C)CC1. The molecular weight excluding hydrogens is 174 g/mol. The zero-order valence-electron chi connectivity index (χ0n) is 9.89. The lowest BCUT2D eigenvalue weighted by molar-refractivity contribution is -0.129. The first-order valence-electron chi connectivity index (χ1n) is 5.70. The molecular formula is C12H23NO. The minimum Gasteiger partial charge on any atom is -0.353 e. The summed E-state index contributed by atoms with van der Waals surface area (Å²) in [6.07, 6.45) is 4.83. The molecule has 0 radical (unpaired) electrons. The van der Waals surface area contributed by atoms with Crippen molar-refractivity contribution in [2.24, 2.45) is 11.3 Å². The predicted octanol–water partition coefficient (Wildman–Crippen LogP) is 2.73. The molecule has 1 saturated carbocycles. The van der Waals surface area contributed by atoms with Crippen LogP contribution in [0.3, 0.4) is 0 Å². The van der Waals surface area contributed by atoms with Crippen molar-refractivity contribution in [3.63, 3.8) is 0 Å². The van der Waals surface area contributed by atoms with Gasteiger partial charge in [0.15, 0.2) is 0 Å². The summed E-state index contributed by atoms with van der Waals surface area (Å²) in [4.78, 5) is 11.7. The van der Waals surface area contributed by atoms with Crippen molar-refractivity contribution < 1.29 is 4.79 Å². The van der Waals surface area contributed by atoms with Gasteiger partial charge in [0.2, 0.25) is 5.91 Å². The number of nitrogens with one attached hydrogen (secondary N) is 1. The van der Waals surface area contributed by atoms with Gasteiger partial charge in [0.05, 0.1) is 0 Å². The predicted molar refractivity (Wildman–Crippen MR) is 59.0 cm³/mol. The minimum absolute atomic E-state index is 0.192. The van der Waals surface area contributed by atoms with Gasteiger partial charge in [-0.3, -0.25) is 4.79 Å². The monoisotopic (exact) mass is 197 g/mol. The highest BCUT2D eigenvalue weighted by atomic mass is 16.2. The molecule has 14 heavy (non-hydrogen) atoms. The quantitative estimate of drug-likeness (QED) is 0.688. The van der Waals surface area contributed by atoms with Crippen LogP contribution in [0.15, 0.2) is 0 Å². The highest BCUT2D eigenvalue weighted by molar-refractivity contribution is 5.81. The fourth-order valence-corrected chi connectivity index (χ4v) is 1.81. The third kappa shape index (κ3) is 3.32. The lowest BCUT2D eigenvalue weighted by atomic mass is 9.86. The average molecular weight is 197 g/mol. The lowest BCUT2D eigenvalue weighted by Gasteiger charge is -2.29. The Morgan fingerprint density at radius 3 is 2.07 bits per heavy atom. The molecule has 0 saturated heterocycles. The Bertz CT molecular complexity index is 197. The largest absolute Gasteiger partial charge is 0.353 e. The van der Waals surface area contributed by atoms with Crippen LogP contribution in [-0.2, 0) is 4.79 Å². The van der Waals surface area contributed by atoms with Crippen LogP contribution < -0.4 is 5.32 Å². The molecule has 82 valence electrons. The summed E-state index contributed by atoms with van der Waals surface area (Å²) >= 11 is 0. The van der Waals surface area contributed by atoms with Crippen molar-refractivity contribution >= 4 is 5.91 Å². The summed E-state index contributed by atoms with van der Waals surface area (Å²) in [7, 11) is 0. The van der Waals surface area contributed by atoms with Crippen molar-refractivity contribution in [3.8, 4) is 0 Å². The molecule has 1 N–H and O–H groups in total. The molecule has 0 aliphatic heterocycles. The molecule has 0 aromatic heterocycles. The molecule has 0 aromatic carbocycles. The Hall–Kier alpha value is -0.530. The van der Waals surface area contributed by atoms with Crippen LogP contribution >= 0.6 is 0 Å². The first kappa shape index (κ1) is 11.5. The second-order valence-electron chi connectivity index (χ2n) is 5.68. The minimum atomic E-state index is -0.247. The van der Waals surface area contributed by atoms with Gasteiger partial charge in [-0.1, -0.05) is 27.7 Å². The molecule has 0 unspecified atom stereocenters. The molecule has 1 aliphatic rings. The lowest BCUT2D eigenvalue weighted by Crippen LogP contribution is -2.43. The number of carbonyl (C=O) groups excluding carboxylic acids is 1. The Kier molecular flexibility index (Phi) is 3.57. The van der Waals surface area contributed by atoms with Crippen LogP contribution in [0.25, 0.3) is 0 Å². The van der Waals surface area contributed by atoms with Gasteiger partial charge in [-0.25, -0.2) is 0 Å². The van der Waals surface area contributed by atoms with Crippen molar-refractivity contribution in [1.82, 2.24) is 5.32 Å². The molecule has 1 amide bonds. The third-order valence-electron chi connectivity index (χ3n) is 3.03. The van der Waals surface area contributed by atoms with E-state index in [-0.39, 0.29) is 11.3 Å². The second-order valence-corrected chi connectivity index (χ2v) is 5.68. The van der Waals surface area contributed by atoms with E-state index in [2.05, 4.69) is 12.2 Å². The Morgan fingerprint density at radius 2 is 1.64 bits per heavy atom. The smallest absolute Gasteiger partial charge is 0.225 e. The Balaban J connectivity index is 2.35. The van der Waals surface area contributed by atoms with Gasteiger partial charge >= 0.3 is 0 Å². The number of amides is 1. The van der Waals surface area contributed by atoms with E-state index in [4.69, 9.17) is 0 Å². The van der Waals surface area contributed by atoms with E-state index in [1.165, 1.54) is 12.8 Å². The van der Waals surface area contributed by atoms with Crippen LogP contribution in [0.5, 0.6) is 0 Å². The second kappa shape index (κ2) is 4.33. The normalized spacial score (nSPS) is 28.6. The highest BCUT2D eigenvalue weighted by Gasteiger charge is 2.25. The highest BCUT2D eigenvalue weighted by Crippen LogP contribution is 2.24. The van der Waals surface area contributed by atoms with Crippen molar-refractivity contribution in [2.45, 2.75) is 59.4 Å². The summed E-state index contributed by atoms with van der Waals surface area (Å²) in [5, 5.41) is 3.14. The van der Waals surface area contributed by atoms with Crippen LogP contribution in [0.2, 0.25) is 0 Å². The van der Waals surface area contributed by atoms with E-state index in [0.717, 1.165) is 18.8 Å². The molecule has 1 rings (SSSR count). The first-order valence-corrected chi connectivity index (χ1v) is 5.70. The molecule has 0 spiro atoms. The maximum absolute atomic E-state index is 11.7. The summed E-state index contributed by atoms with van der Waals surface area (Å²) in [5.41, 5.74) is -0.247. The van der Waals surface area contributed by atoms with E-state index in [1.54, 1.807) is 0 Å². The molecule has 0 bridgehead atoms. The number of rotatable bonds is 1. The standard InChI is InChI=1S/C12H23NO/c1-9-5-7-10(8-6-9)13-11(14)12(2,3)4/h9-10H,5-8H2,1-4H3,(H,13,14). The van der Waals surface area contributed by atoms with E-state index < -0.39 is 0 Å². The van der Waals surface area contributed by atoms with E-state index in [9.17, 15) is 4.79 Å². The Labute approximate surface area is 87.5 Å². The average Bonchev–Trinajstić information content (AvgIpc) is 2.07. The zero-order chi connectivity index (χ0) is 10.8. The van der Waals surface area contributed by atoms with Crippen LogP contribution in [0, 0.1) is 11.3 Å². The van der Waals surface area contributed by atoms with E-state index in [0.29, 0.717) is 6.04 Å². The van der Waals surface area contributed by atoms with E-state index in [1.807, 2.05) is 20.8 Å². The fourth-order valence-electron chi connectivity index (χ4n) is 1.81. The van der Waals surface area contributed by atoms with Crippen molar-refractivity contribution in [1.29, 1.82) is 0 Å². The first-order chi connectivity index (χ1) is 6.39. The topological polar surface area (TPSA) is 29.1 Å². The molecule has 0 atom stereocenters. The molecule has 1 fully saturated rings. The third-order valence-corrected chi connectivity index (χ3v) is 3.03. The molecule has 0 aromatic rings.